The minimum Gasteiger partial charge on any atom is -0.444 e. The summed E-state index contributed by atoms with van der Waals surface area (Å²) < 4.78 is 12.0. The fourth-order valence-electron chi connectivity index (χ4n) is 7.51. The molecule has 0 aromatic heterocycles. The number of rotatable bonds is 8. The van der Waals surface area contributed by atoms with Gasteiger partial charge in [-0.3, -0.25) is 4.79 Å². The Balaban J connectivity index is 1.52. The number of ether oxygens (including phenoxy) is 1. The van der Waals surface area contributed by atoms with Crippen LogP contribution in [0.1, 0.15) is 94.4 Å². The van der Waals surface area contributed by atoms with Crippen LogP contribution in [0.25, 0.3) is 0 Å². The first kappa shape index (κ1) is 27.7. The van der Waals surface area contributed by atoms with Crippen LogP contribution in [0.3, 0.4) is 0 Å². The monoisotopic (exact) mass is 506 g/mol. The summed E-state index contributed by atoms with van der Waals surface area (Å²) in [5.41, 5.74) is -1.86. The molecule has 7 atom stereocenters. The highest BCUT2D eigenvalue weighted by Crippen LogP contribution is 2.76. The van der Waals surface area contributed by atoms with Gasteiger partial charge >= 0.3 is 13.2 Å². The van der Waals surface area contributed by atoms with Gasteiger partial charge in [0.2, 0.25) is 5.91 Å². The molecule has 2 bridgehead atoms. The molecule has 0 heterocycles. The second-order valence-electron chi connectivity index (χ2n) is 14.3. The maximum Gasteiger partial charge on any atom is 0.482 e. The first-order chi connectivity index (χ1) is 16.4. The molecule has 0 aliphatic heterocycles. The van der Waals surface area contributed by atoms with Crippen LogP contribution in [0.5, 0.6) is 0 Å². The van der Waals surface area contributed by atoms with E-state index < -0.39 is 47.9 Å². The lowest BCUT2D eigenvalue weighted by Gasteiger charge is -2.68. The Hall–Kier alpha value is -1.32. The molecule has 5 rings (SSSR count). The summed E-state index contributed by atoms with van der Waals surface area (Å²) in [5, 5.41) is 27.5. The van der Waals surface area contributed by atoms with Gasteiger partial charge in [0.25, 0.3) is 0 Å². The predicted octanol–water partition coefficient (Wildman–Crippen LogP) is 3.43. The third-order valence-corrected chi connectivity index (χ3v) is 10.1. The Morgan fingerprint density at radius 3 is 2.14 bits per heavy atom. The van der Waals surface area contributed by atoms with E-state index in [2.05, 4.69) is 45.3 Å². The van der Waals surface area contributed by atoms with Crippen LogP contribution in [0.2, 0.25) is 0 Å². The first-order valence-corrected chi connectivity index (χ1v) is 13.7. The second-order valence-corrected chi connectivity index (χ2v) is 14.3. The third-order valence-electron chi connectivity index (χ3n) is 10.1. The summed E-state index contributed by atoms with van der Waals surface area (Å²) in [6, 6.07) is -1.22. The van der Waals surface area contributed by atoms with Crippen LogP contribution in [0.15, 0.2) is 0 Å². The van der Waals surface area contributed by atoms with Crippen LogP contribution in [-0.2, 0) is 14.2 Å². The zero-order valence-corrected chi connectivity index (χ0v) is 23.6. The van der Waals surface area contributed by atoms with Gasteiger partial charge in [0.15, 0.2) is 0 Å². The summed E-state index contributed by atoms with van der Waals surface area (Å²) in [7, 11) is -1.18. The van der Waals surface area contributed by atoms with Gasteiger partial charge in [-0.25, -0.2) is 4.79 Å². The number of aliphatic hydroxyl groups is 1. The van der Waals surface area contributed by atoms with E-state index in [-0.39, 0.29) is 22.7 Å². The first-order valence-electron chi connectivity index (χ1n) is 13.7. The molecular formula is C27H47BN2O6. The maximum atomic E-state index is 13.4. The molecule has 3 unspecified atom stereocenters. The van der Waals surface area contributed by atoms with Crippen molar-refractivity contribution in [2.75, 3.05) is 0 Å². The summed E-state index contributed by atoms with van der Waals surface area (Å²) in [6.07, 6.45) is 3.15. The third kappa shape index (κ3) is 4.47. The van der Waals surface area contributed by atoms with Gasteiger partial charge in [0, 0.05) is 0 Å². The molecule has 5 fully saturated rings. The molecular weight excluding hydrogens is 459 g/mol. The fraction of sp³-hybridized carbons (Fsp3) is 0.926. The van der Waals surface area contributed by atoms with Gasteiger partial charge in [-0.05, 0) is 101 Å². The number of carbonyl (C=O) groups excluding carboxylic acids is 2. The van der Waals surface area contributed by atoms with Crippen molar-refractivity contribution >= 4 is 19.1 Å². The lowest BCUT2D eigenvalue weighted by Crippen LogP contribution is -2.69. The van der Waals surface area contributed by atoms with E-state index >= 15 is 0 Å². The van der Waals surface area contributed by atoms with Gasteiger partial charge in [0.1, 0.15) is 11.6 Å². The molecule has 0 aromatic carbocycles. The molecule has 1 spiro atoms. The molecule has 204 valence electrons. The normalized spacial score (nSPS) is 36.9. The molecule has 36 heavy (non-hydrogen) atoms. The number of hydrogen-bond acceptors (Lipinski definition) is 6. The van der Waals surface area contributed by atoms with Crippen LogP contribution in [-0.4, -0.2) is 58.0 Å². The van der Waals surface area contributed by atoms with Gasteiger partial charge in [-0.2, -0.15) is 0 Å². The maximum absolute atomic E-state index is 13.4. The highest BCUT2D eigenvalue weighted by molar-refractivity contribution is 6.49. The summed E-state index contributed by atoms with van der Waals surface area (Å²) in [5.74, 6) is 0.759. The van der Waals surface area contributed by atoms with Crippen molar-refractivity contribution in [3.8, 4) is 0 Å². The molecule has 5 saturated carbocycles. The average Bonchev–Trinajstić information content (AvgIpc) is 3.62. The van der Waals surface area contributed by atoms with E-state index in [0.29, 0.717) is 18.3 Å². The van der Waals surface area contributed by atoms with Gasteiger partial charge in [-0.15, -0.1) is 0 Å². The lowest BCUT2D eigenvalue weighted by atomic mass is 9.40. The number of carbonyl (C=O) groups is 2. The zero-order valence-electron chi connectivity index (χ0n) is 23.6. The van der Waals surface area contributed by atoms with E-state index in [9.17, 15) is 19.7 Å². The van der Waals surface area contributed by atoms with E-state index in [1.165, 1.54) is 6.92 Å². The number of aliphatic hydroxyl groups excluding tert-OH is 1. The number of alkyl carbamates (subject to hydrolysis) is 1. The Labute approximate surface area is 216 Å². The minimum atomic E-state index is -1.22. The van der Waals surface area contributed by atoms with Gasteiger partial charge in [0.05, 0.1) is 17.1 Å². The van der Waals surface area contributed by atoms with Crippen LogP contribution in [0.4, 0.5) is 4.79 Å². The van der Waals surface area contributed by atoms with Crippen molar-refractivity contribution in [3.63, 3.8) is 0 Å². The standard InChI is InChI=1S/C27H47BN2O6/c1-15(2)18-14-27(18,30-21(32)20(16(3)31)29-22(33)35-23(4,5)6)28(34)36-25(9)19-12-17(24(19,7)8)13-26(25)10-11-26/h15-20,31,34H,10-14H2,1-9H3,(H,29,33)(H,30,32)/t16?,17-,18?,19-,20-,25-,27?/m0/s1. The Morgan fingerprint density at radius 2 is 1.69 bits per heavy atom. The van der Waals surface area contributed by atoms with Crippen molar-refractivity contribution in [2.45, 2.75) is 123 Å². The molecule has 0 radical (unpaired) electrons. The summed E-state index contributed by atoms with van der Waals surface area (Å²) >= 11 is 0. The Morgan fingerprint density at radius 1 is 1.08 bits per heavy atom. The number of amides is 2. The highest BCUT2D eigenvalue weighted by atomic mass is 16.6. The second kappa shape index (κ2) is 8.60. The van der Waals surface area contributed by atoms with Crippen molar-refractivity contribution in [3.05, 3.63) is 0 Å². The molecule has 5 aliphatic carbocycles. The highest BCUT2D eigenvalue weighted by Gasteiger charge is 2.75. The van der Waals surface area contributed by atoms with Crippen molar-refractivity contribution in [2.24, 2.45) is 34.5 Å². The lowest BCUT2D eigenvalue weighted by molar-refractivity contribution is -0.229. The Kier molecular flexibility index (Phi) is 6.62. The van der Waals surface area contributed by atoms with Crippen LogP contribution in [0, 0.1) is 34.5 Å². The largest absolute Gasteiger partial charge is 0.482 e. The molecule has 4 N–H and O–H groups in total. The van der Waals surface area contributed by atoms with Gasteiger partial charge in [-0.1, -0.05) is 27.7 Å². The van der Waals surface area contributed by atoms with E-state index in [1.54, 1.807) is 20.8 Å². The average molecular weight is 506 g/mol. The minimum absolute atomic E-state index is 0.0251. The molecule has 2 amide bonds. The van der Waals surface area contributed by atoms with E-state index in [4.69, 9.17) is 9.39 Å². The zero-order chi connectivity index (χ0) is 27.1. The van der Waals surface area contributed by atoms with E-state index in [0.717, 1.165) is 25.7 Å². The van der Waals surface area contributed by atoms with Gasteiger partial charge < -0.3 is 30.2 Å². The number of nitrogens with one attached hydrogen (secondary N) is 2. The SMILES string of the molecule is CC(C)C1CC1(NC(=O)[C@@H](NC(=O)OC(C)(C)C)C(C)O)B(O)O[C@@]1(C)[C@H]2C[C@@H](CC13CC3)C2(C)C. The van der Waals surface area contributed by atoms with Crippen molar-refractivity contribution in [1.82, 2.24) is 10.6 Å². The van der Waals surface area contributed by atoms with Crippen molar-refractivity contribution < 1.29 is 29.1 Å². The predicted molar refractivity (Wildman–Crippen MR) is 138 cm³/mol. The molecule has 0 aromatic rings. The summed E-state index contributed by atoms with van der Waals surface area (Å²) in [4.78, 5) is 25.7. The fourth-order valence-corrected chi connectivity index (χ4v) is 7.51. The topological polar surface area (TPSA) is 117 Å². The molecule has 0 saturated heterocycles. The molecule has 8 nitrogen and oxygen atoms in total. The molecule has 5 aliphatic rings. The quantitative estimate of drug-likeness (QED) is 0.375. The Bertz CT molecular complexity index is 897. The van der Waals surface area contributed by atoms with Crippen LogP contribution >= 0.6 is 0 Å². The summed E-state index contributed by atoms with van der Waals surface area (Å²) in [6.45, 7) is 17.6. The smallest absolute Gasteiger partial charge is 0.444 e. The van der Waals surface area contributed by atoms with Crippen LogP contribution < -0.4 is 10.6 Å². The number of hydrogen-bond donors (Lipinski definition) is 4. The van der Waals surface area contributed by atoms with E-state index in [1.807, 2.05) is 0 Å². The molecule has 9 heteroatoms. The van der Waals surface area contributed by atoms with Crippen molar-refractivity contribution in [1.29, 1.82) is 0 Å².